The zero-order chi connectivity index (χ0) is 21.4. The summed E-state index contributed by atoms with van der Waals surface area (Å²) in [4.78, 5) is 28.8. The minimum Gasteiger partial charge on any atom is -0.504 e. The quantitative estimate of drug-likeness (QED) is 0.554. The summed E-state index contributed by atoms with van der Waals surface area (Å²) in [5.41, 5.74) is -0.0517. The smallest absolute Gasteiger partial charge is 0.322 e. The van der Waals surface area contributed by atoms with Crippen LogP contribution in [-0.2, 0) is 4.79 Å². The van der Waals surface area contributed by atoms with Crippen molar-refractivity contribution in [3.8, 4) is 11.5 Å². The first-order valence-corrected chi connectivity index (χ1v) is 9.98. The molecule has 0 bridgehead atoms. The lowest BCUT2D eigenvalue weighted by Gasteiger charge is -2.33. The summed E-state index contributed by atoms with van der Waals surface area (Å²) < 4.78 is 5.08. The van der Waals surface area contributed by atoms with E-state index in [1.54, 1.807) is 24.3 Å². The Bertz CT molecular complexity index is 1210. The molecule has 4 rings (SSSR count). The fourth-order valence-corrected chi connectivity index (χ4v) is 3.99. The summed E-state index contributed by atoms with van der Waals surface area (Å²) in [6, 6.07) is 9.71. The number of carbonyl (C=O) groups excluding carboxylic acids is 1. The highest BCUT2D eigenvalue weighted by atomic mass is 32.2. The monoisotopic (exact) mass is 427 g/mol. The number of methoxy groups -OCH3 is 1. The van der Waals surface area contributed by atoms with E-state index in [1.807, 2.05) is 6.92 Å². The van der Waals surface area contributed by atoms with E-state index in [-0.39, 0.29) is 28.7 Å². The summed E-state index contributed by atoms with van der Waals surface area (Å²) >= 11 is 1.33. The van der Waals surface area contributed by atoms with Crippen LogP contribution >= 0.6 is 11.8 Å². The van der Waals surface area contributed by atoms with Gasteiger partial charge >= 0.3 is 5.69 Å². The van der Waals surface area contributed by atoms with Crippen LogP contribution in [0, 0.1) is 10.1 Å². The number of aromatic hydroxyl groups is 1. The number of rotatable bonds is 4. The lowest BCUT2D eigenvalue weighted by molar-refractivity contribution is -0.386. The molecule has 0 saturated carbocycles. The molecule has 1 amide bonds. The van der Waals surface area contributed by atoms with Gasteiger partial charge in [-0.05, 0) is 24.0 Å². The number of hydrazone groups is 1. The summed E-state index contributed by atoms with van der Waals surface area (Å²) in [7, 11) is 1.24. The van der Waals surface area contributed by atoms with Crippen LogP contribution in [0.15, 0.2) is 46.5 Å². The van der Waals surface area contributed by atoms with Crippen LogP contribution in [0.3, 0.4) is 0 Å². The van der Waals surface area contributed by atoms with Crippen molar-refractivity contribution in [1.29, 1.82) is 0 Å². The summed E-state index contributed by atoms with van der Waals surface area (Å²) in [6.07, 6.45) is -0.997. The van der Waals surface area contributed by atoms with Crippen LogP contribution in [0.5, 0.6) is 11.5 Å². The third-order valence-corrected chi connectivity index (χ3v) is 5.35. The second kappa shape index (κ2) is 7.67. The first-order valence-electron chi connectivity index (χ1n) is 8.99. The standard InChI is InChI=1S/C19H17N5O5S/c1-3-30-19-21-18(26)15-10-6-4-5-7-12(10)20-17(23(15)22-19)11-8-9-13(25)16(29-2)14(11)24(27)28/h4-9,17,25H,3H2,1-2H3,(H,21,22,26). The third kappa shape index (κ3) is 3.12. The van der Waals surface area contributed by atoms with Gasteiger partial charge in [0, 0.05) is 5.22 Å². The van der Waals surface area contributed by atoms with Gasteiger partial charge in [-0.3, -0.25) is 25.2 Å². The van der Waals surface area contributed by atoms with Gasteiger partial charge in [0.25, 0.3) is 5.91 Å². The molecule has 2 aromatic rings. The highest BCUT2D eigenvalue weighted by Crippen LogP contribution is 2.44. The Labute approximate surface area is 174 Å². The zero-order valence-corrected chi connectivity index (χ0v) is 16.8. The number of para-hydroxylation sites is 1. The lowest BCUT2D eigenvalue weighted by atomic mass is 10.1. The number of fused-ring (bicyclic) bond motifs is 2. The number of nitrogens with one attached hydrogen (secondary N) is 1. The van der Waals surface area contributed by atoms with Gasteiger partial charge in [-0.1, -0.05) is 36.9 Å². The van der Waals surface area contributed by atoms with Crippen LogP contribution in [0.4, 0.5) is 5.69 Å². The largest absolute Gasteiger partial charge is 0.504 e. The van der Waals surface area contributed by atoms with E-state index in [0.29, 0.717) is 21.5 Å². The first-order chi connectivity index (χ1) is 14.5. The molecular formula is C19H17N5O5S. The fraction of sp³-hybridized carbons (Fsp3) is 0.211. The van der Waals surface area contributed by atoms with Crippen LogP contribution in [0.1, 0.15) is 18.7 Å². The molecule has 154 valence electrons. The Morgan fingerprint density at radius 2 is 2.10 bits per heavy atom. The molecule has 11 heteroatoms. The Hall–Kier alpha value is -3.60. The van der Waals surface area contributed by atoms with E-state index in [4.69, 9.17) is 4.74 Å². The molecule has 2 heterocycles. The van der Waals surface area contributed by atoms with Gasteiger partial charge in [0.2, 0.25) is 5.75 Å². The number of carbonyl (C=O) groups is 1. The number of hydrogen-bond donors (Lipinski definition) is 2. The maximum Gasteiger partial charge on any atom is 0.322 e. The molecule has 2 N–H and O–H groups in total. The van der Waals surface area contributed by atoms with Crippen molar-refractivity contribution in [2.75, 3.05) is 12.9 Å². The number of amides is 1. The highest BCUT2D eigenvalue weighted by molar-refractivity contribution is 8.13. The van der Waals surface area contributed by atoms with Crippen molar-refractivity contribution in [2.45, 2.75) is 13.1 Å². The van der Waals surface area contributed by atoms with Crippen LogP contribution in [0.25, 0.3) is 5.70 Å². The molecule has 2 aliphatic heterocycles. The number of thioether (sulfide) groups is 1. The average Bonchev–Trinajstić information content (AvgIpc) is 2.72. The summed E-state index contributed by atoms with van der Waals surface area (Å²) in [5, 5.41) is 32.0. The number of hydrogen-bond acceptors (Lipinski definition) is 9. The number of amidine groups is 1. The number of benzene rings is 2. The second-order valence-corrected chi connectivity index (χ2v) is 7.57. The SMILES string of the molecule is CCSC1=NN2C(=c3ccccc3=NC2c2ccc(O)c(OC)c2[N+](=O)[O-])C(=O)N1. The molecular weight excluding hydrogens is 410 g/mol. The van der Waals surface area contributed by atoms with Crippen molar-refractivity contribution in [3.63, 3.8) is 0 Å². The molecule has 2 aliphatic rings. The predicted molar refractivity (Wildman–Crippen MR) is 110 cm³/mol. The maximum absolute atomic E-state index is 12.9. The van der Waals surface area contributed by atoms with E-state index in [1.165, 1.54) is 36.0 Å². The Morgan fingerprint density at radius 1 is 1.33 bits per heavy atom. The van der Waals surface area contributed by atoms with Gasteiger partial charge < -0.3 is 9.84 Å². The number of nitro benzene ring substituents is 1. The van der Waals surface area contributed by atoms with Gasteiger partial charge in [-0.25, -0.2) is 5.01 Å². The molecule has 1 atom stereocenters. The van der Waals surface area contributed by atoms with E-state index < -0.39 is 16.8 Å². The second-order valence-electron chi connectivity index (χ2n) is 6.32. The van der Waals surface area contributed by atoms with Gasteiger partial charge in [-0.2, -0.15) is 0 Å². The number of nitro groups is 1. The average molecular weight is 427 g/mol. The molecule has 10 nitrogen and oxygen atoms in total. The fourth-order valence-electron chi connectivity index (χ4n) is 3.41. The zero-order valence-electron chi connectivity index (χ0n) is 16.0. The Morgan fingerprint density at radius 3 is 2.80 bits per heavy atom. The Kier molecular flexibility index (Phi) is 5.04. The van der Waals surface area contributed by atoms with Crippen molar-refractivity contribution in [3.05, 3.63) is 62.7 Å². The molecule has 0 saturated heterocycles. The predicted octanol–water partition coefficient (Wildman–Crippen LogP) is 1.21. The summed E-state index contributed by atoms with van der Waals surface area (Å²) in [5.74, 6) is -0.340. The number of ether oxygens (including phenoxy) is 1. The molecule has 30 heavy (non-hydrogen) atoms. The van der Waals surface area contributed by atoms with Crippen LogP contribution in [-0.4, -0.2) is 39.0 Å². The van der Waals surface area contributed by atoms with Gasteiger partial charge in [0.1, 0.15) is 5.70 Å². The number of nitrogens with zero attached hydrogens (tertiary/aromatic N) is 4. The normalized spacial score (nSPS) is 17.3. The number of phenols is 1. The van der Waals surface area contributed by atoms with Crippen LogP contribution in [0.2, 0.25) is 0 Å². The molecule has 1 unspecified atom stereocenters. The Balaban J connectivity index is 2.02. The highest BCUT2D eigenvalue weighted by Gasteiger charge is 2.39. The molecule has 0 spiro atoms. The van der Waals surface area contributed by atoms with E-state index in [2.05, 4.69) is 15.4 Å². The van der Waals surface area contributed by atoms with E-state index in [0.717, 1.165) is 0 Å². The minimum atomic E-state index is -0.997. The maximum atomic E-state index is 12.9. The van der Waals surface area contributed by atoms with Crippen molar-refractivity contribution < 1.29 is 19.6 Å². The van der Waals surface area contributed by atoms with Crippen LogP contribution < -0.4 is 20.6 Å². The van der Waals surface area contributed by atoms with Gasteiger partial charge in [0.05, 0.1) is 23.0 Å². The molecule has 0 aliphatic carbocycles. The minimum absolute atomic E-state index is 0.140. The van der Waals surface area contributed by atoms with E-state index in [9.17, 15) is 20.0 Å². The first kappa shape index (κ1) is 19.7. The van der Waals surface area contributed by atoms with Gasteiger partial charge in [0.15, 0.2) is 17.1 Å². The van der Waals surface area contributed by atoms with Crippen molar-refractivity contribution >= 4 is 34.2 Å². The molecule has 0 radical (unpaired) electrons. The molecule has 0 fully saturated rings. The van der Waals surface area contributed by atoms with Crippen molar-refractivity contribution in [2.24, 2.45) is 10.1 Å². The number of phenolic OH excluding ortho intramolecular Hbond substituents is 1. The third-order valence-electron chi connectivity index (χ3n) is 4.60. The van der Waals surface area contributed by atoms with Gasteiger partial charge in [-0.15, -0.1) is 5.10 Å². The molecule has 2 aromatic carbocycles. The van der Waals surface area contributed by atoms with E-state index >= 15 is 0 Å². The molecule has 0 aromatic heterocycles. The van der Waals surface area contributed by atoms with Crippen molar-refractivity contribution in [1.82, 2.24) is 10.3 Å². The topological polar surface area (TPSA) is 130 Å². The lowest BCUT2D eigenvalue weighted by Crippen LogP contribution is -2.50. The summed E-state index contributed by atoms with van der Waals surface area (Å²) in [6.45, 7) is 1.92.